The fourth-order valence-electron chi connectivity index (χ4n) is 3.13. The molecule has 0 unspecified atom stereocenters. The minimum Gasteiger partial charge on any atom is -0.380 e. The quantitative estimate of drug-likeness (QED) is 0.801. The number of rotatable bonds is 3. The lowest BCUT2D eigenvalue weighted by Gasteiger charge is -2.20. The van der Waals surface area contributed by atoms with E-state index in [1.165, 1.54) is 12.2 Å². The van der Waals surface area contributed by atoms with Crippen molar-refractivity contribution in [2.24, 2.45) is 11.8 Å². The summed E-state index contributed by atoms with van der Waals surface area (Å²) in [6.07, 6.45) is 3.15. The van der Waals surface area contributed by atoms with Crippen LogP contribution in [0, 0.1) is 11.8 Å². The molecule has 0 aromatic carbocycles. The summed E-state index contributed by atoms with van der Waals surface area (Å²) in [5, 5.41) is 0.741. The summed E-state index contributed by atoms with van der Waals surface area (Å²) in [4.78, 5) is 0. The van der Waals surface area contributed by atoms with E-state index < -0.39 is 0 Å². The number of fused-ring (bicyclic) bond motifs is 1. The number of hydrogen-bond acceptors (Lipinski definition) is 5. The predicted molar refractivity (Wildman–Crippen MR) is 81.1 cm³/mol. The second kappa shape index (κ2) is 7.99. The Labute approximate surface area is 126 Å². The minimum atomic E-state index is 0.0324. The molecule has 118 valence electrons. The monoisotopic (exact) mass is 304 g/mol. The van der Waals surface area contributed by atoms with Crippen LogP contribution in [0.5, 0.6) is 0 Å². The molecule has 0 aliphatic carbocycles. The molecule has 5 heteroatoms. The van der Waals surface area contributed by atoms with Crippen molar-refractivity contribution >= 4 is 11.8 Å². The molecule has 3 heterocycles. The second-order valence-corrected chi connectivity index (χ2v) is 7.23. The van der Waals surface area contributed by atoms with Gasteiger partial charge in [-0.1, -0.05) is 13.8 Å². The van der Waals surface area contributed by atoms with E-state index in [0.29, 0.717) is 18.6 Å². The maximum atomic E-state index is 5.36. The van der Waals surface area contributed by atoms with E-state index in [1.807, 2.05) is 7.11 Å². The summed E-state index contributed by atoms with van der Waals surface area (Å²) in [6.45, 7) is 6.07. The summed E-state index contributed by atoms with van der Waals surface area (Å²) in [5.74, 6) is 2.53. The average Bonchev–Trinajstić information content (AvgIpc) is 3.14. The van der Waals surface area contributed by atoms with Gasteiger partial charge in [0.2, 0.25) is 0 Å². The van der Waals surface area contributed by atoms with E-state index in [2.05, 4.69) is 25.6 Å². The van der Waals surface area contributed by atoms with Gasteiger partial charge in [-0.25, -0.2) is 0 Å². The lowest BCUT2D eigenvalue weighted by molar-refractivity contribution is -0.0907. The molecule has 4 nitrogen and oxygen atoms in total. The van der Waals surface area contributed by atoms with Gasteiger partial charge in [0, 0.05) is 25.4 Å². The Morgan fingerprint density at radius 1 is 1.05 bits per heavy atom. The van der Waals surface area contributed by atoms with Crippen molar-refractivity contribution in [3.63, 3.8) is 0 Å². The highest BCUT2D eigenvalue weighted by Gasteiger charge is 2.41. The fraction of sp³-hybridized carbons (Fsp3) is 1.00. The van der Waals surface area contributed by atoms with Gasteiger partial charge in [-0.2, -0.15) is 11.8 Å². The van der Waals surface area contributed by atoms with Crippen molar-refractivity contribution < 1.29 is 18.9 Å². The third-order valence-electron chi connectivity index (χ3n) is 4.33. The molecule has 0 spiro atoms. The molecular weight excluding hydrogens is 276 g/mol. The highest BCUT2D eigenvalue weighted by molar-refractivity contribution is 8.00. The van der Waals surface area contributed by atoms with Crippen molar-refractivity contribution in [3.8, 4) is 0 Å². The standard InChI is InChI=1S/C8H16OS.C7H12O3/c1-6(2)8-7(9-3)4-5-10-8;1-8-6-4-10-7-5(6)2-3-9-7/h6-8H,4-5H2,1-3H3;5-7H,2-4H2,1H3/t7-,8-;5-,6-,7+/m00/s1. The van der Waals surface area contributed by atoms with Gasteiger partial charge in [0.25, 0.3) is 0 Å². The van der Waals surface area contributed by atoms with E-state index in [1.54, 1.807) is 7.11 Å². The maximum Gasteiger partial charge on any atom is 0.163 e. The zero-order valence-electron chi connectivity index (χ0n) is 13.0. The first kappa shape index (κ1) is 16.6. The SMILES string of the molecule is CO[C@H]1CCS[C@H]1C(C)C.CO[C@H]1CO[C@H]2OCC[C@H]21. The molecular formula is C15H28O4S. The van der Waals surface area contributed by atoms with Crippen LogP contribution >= 0.6 is 11.8 Å². The molecule has 3 fully saturated rings. The number of ether oxygens (including phenoxy) is 4. The molecule has 3 saturated heterocycles. The Morgan fingerprint density at radius 3 is 2.40 bits per heavy atom. The summed E-state index contributed by atoms with van der Waals surface area (Å²) in [7, 11) is 3.56. The fourth-order valence-corrected chi connectivity index (χ4v) is 4.62. The lowest BCUT2D eigenvalue weighted by atomic mass is 10.0. The van der Waals surface area contributed by atoms with Gasteiger partial charge in [-0.3, -0.25) is 0 Å². The third-order valence-corrected chi connectivity index (χ3v) is 6.03. The first-order valence-corrected chi connectivity index (χ1v) is 8.62. The van der Waals surface area contributed by atoms with Gasteiger partial charge in [0.05, 0.1) is 25.4 Å². The largest absolute Gasteiger partial charge is 0.380 e. The molecule has 20 heavy (non-hydrogen) atoms. The Kier molecular flexibility index (Phi) is 6.62. The van der Waals surface area contributed by atoms with Crippen molar-refractivity contribution in [2.75, 3.05) is 33.2 Å². The molecule has 0 radical (unpaired) electrons. The average molecular weight is 304 g/mol. The Bertz CT molecular complexity index is 281. The zero-order valence-corrected chi connectivity index (χ0v) is 13.9. The van der Waals surface area contributed by atoms with Crippen LogP contribution in [-0.4, -0.2) is 56.9 Å². The van der Waals surface area contributed by atoms with E-state index >= 15 is 0 Å². The molecule has 3 aliphatic rings. The number of methoxy groups -OCH3 is 2. The summed E-state index contributed by atoms with van der Waals surface area (Å²) in [5.41, 5.74) is 0. The molecule has 0 N–H and O–H groups in total. The maximum absolute atomic E-state index is 5.36. The van der Waals surface area contributed by atoms with Crippen molar-refractivity contribution in [1.82, 2.24) is 0 Å². The second-order valence-electron chi connectivity index (χ2n) is 5.94. The van der Waals surface area contributed by atoms with Crippen LogP contribution in [0.4, 0.5) is 0 Å². The van der Waals surface area contributed by atoms with Crippen LogP contribution in [0.15, 0.2) is 0 Å². The Balaban J connectivity index is 0.000000147. The van der Waals surface area contributed by atoms with Gasteiger partial charge >= 0.3 is 0 Å². The van der Waals surface area contributed by atoms with E-state index in [-0.39, 0.29) is 12.4 Å². The molecule has 0 bridgehead atoms. The van der Waals surface area contributed by atoms with Crippen LogP contribution in [-0.2, 0) is 18.9 Å². The minimum absolute atomic E-state index is 0.0324. The molecule has 5 atom stereocenters. The van der Waals surface area contributed by atoms with E-state index in [4.69, 9.17) is 18.9 Å². The van der Waals surface area contributed by atoms with Crippen LogP contribution < -0.4 is 0 Å². The molecule has 0 aromatic rings. The summed E-state index contributed by atoms with van der Waals surface area (Å²) < 4.78 is 21.2. The van der Waals surface area contributed by atoms with Crippen LogP contribution in [0.25, 0.3) is 0 Å². The van der Waals surface area contributed by atoms with Crippen LogP contribution in [0.2, 0.25) is 0 Å². The first-order valence-electron chi connectivity index (χ1n) is 7.57. The highest BCUT2D eigenvalue weighted by atomic mass is 32.2. The van der Waals surface area contributed by atoms with E-state index in [0.717, 1.165) is 24.2 Å². The molecule has 0 saturated carbocycles. The molecule has 3 aliphatic heterocycles. The summed E-state index contributed by atoms with van der Waals surface area (Å²) in [6, 6.07) is 0. The highest BCUT2D eigenvalue weighted by Crippen LogP contribution is 2.33. The first-order chi connectivity index (χ1) is 9.67. The van der Waals surface area contributed by atoms with E-state index in [9.17, 15) is 0 Å². The molecule has 0 aromatic heterocycles. The van der Waals surface area contributed by atoms with Gasteiger partial charge in [0.15, 0.2) is 6.29 Å². The molecule has 0 amide bonds. The zero-order chi connectivity index (χ0) is 14.5. The van der Waals surface area contributed by atoms with Crippen LogP contribution in [0.3, 0.4) is 0 Å². The third kappa shape index (κ3) is 3.89. The topological polar surface area (TPSA) is 36.9 Å². The number of hydrogen-bond donors (Lipinski definition) is 0. The van der Waals surface area contributed by atoms with Gasteiger partial charge in [-0.05, 0) is 24.5 Å². The van der Waals surface area contributed by atoms with Gasteiger partial charge < -0.3 is 18.9 Å². The Hall–Kier alpha value is 0.190. The number of thioether (sulfide) groups is 1. The van der Waals surface area contributed by atoms with Crippen molar-refractivity contribution in [1.29, 1.82) is 0 Å². The molecule has 3 rings (SSSR count). The van der Waals surface area contributed by atoms with Gasteiger partial charge in [-0.15, -0.1) is 0 Å². The predicted octanol–water partition coefficient (Wildman–Crippen LogP) is 2.56. The smallest absolute Gasteiger partial charge is 0.163 e. The van der Waals surface area contributed by atoms with Gasteiger partial charge in [0.1, 0.15) is 0 Å². The summed E-state index contributed by atoms with van der Waals surface area (Å²) >= 11 is 2.06. The van der Waals surface area contributed by atoms with Crippen molar-refractivity contribution in [3.05, 3.63) is 0 Å². The normalized spacial score (nSPS) is 39.8. The lowest BCUT2D eigenvalue weighted by Crippen LogP contribution is -2.24. The van der Waals surface area contributed by atoms with Crippen molar-refractivity contribution in [2.45, 2.75) is 50.4 Å². The Morgan fingerprint density at radius 2 is 1.80 bits per heavy atom. The van der Waals surface area contributed by atoms with Crippen LogP contribution in [0.1, 0.15) is 26.7 Å².